The highest BCUT2D eigenvalue weighted by atomic mass is 15.4. The van der Waals surface area contributed by atoms with Gasteiger partial charge < -0.3 is 39.2 Å². The molecule has 0 spiro atoms. The van der Waals surface area contributed by atoms with Crippen LogP contribution >= 0.6 is 0 Å². The Bertz CT molecular complexity index is 5560. The molecule has 0 radical (unpaired) electrons. The summed E-state index contributed by atoms with van der Waals surface area (Å²) < 4.78 is 0. The fourth-order valence-corrected chi connectivity index (χ4v) is 15.2. The lowest BCUT2D eigenvalue weighted by molar-refractivity contribution is 0.730. The third-order valence-electron chi connectivity index (χ3n) is 22.5. The average Bonchev–Trinajstić information content (AvgIpc) is 1.64. The summed E-state index contributed by atoms with van der Waals surface area (Å²) >= 11 is 0. The van der Waals surface area contributed by atoms with Gasteiger partial charge in [-0.1, -0.05) is 84.9 Å². The van der Waals surface area contributed by atoms with Crippen molar-refractivity contribution in [1.82, 2.24) is 0 Å². The summed E-state index contributed by atoms with van der Waals surface area (Å²) in [5.74, 6) is 0. The van der Waals surface area contributed by atoms with Gasteiger partial charge in [0.25, 0.3) is 0 Å². The molecule has 10 aromatic rings. The van der Waals surface area contributed by atoms with Crippen molar-refractivity contribution < 1.29 is 0 Å². The van der Waals surface area contributed by atoms with E-state index < -0.39 is 0 Å². The van der Waals surface area contributed by atoms with Crippen LogP contribution in [0.2, 0.25) is 0 Å². The molecule has 4 heterocycles. The maximum Gasteiger partial charge on any atom is 0.196 e. The van der Waals surface area contributed by atoms with Gasteiger partial charge in [0.2, 0.25) is 0 Å². The molecule has 530 valence electrons. The molecule has 0 aromatic heterocycles. The molecule has 107 heavy (non-hydrogen) atoms. The van der Waals surface area contributed by atoms with Gasteiger partial charge in [0.1, 0.15) is 24.7 Å². The van der Waals surface area contributed by atoms with E-state index in [0.717, 1.165) is 62.4 Å². The standard InChI is InChI=1S/2C24H20N4.C22H24N4.C21H22N4/c1-16-13-19(18-9-7-6-8-10-18)11-12-22(16)28-17(2)27(5)23-14-20(25-3)21(26-4)15-24(23)28;1-16-11-12-19(18-9-7-6-8-10-18)13-22(16)28-17(2)27(5)23-14-20(25-3)21(26-4)15-24(23)28;1-12-13(2)15(4)22(16(5)14(12)3)26-17(6)25(9)20-10-18(23-7)19(24-8)11-21(20)26;1-12-9-13(2)15(4)21(14(12)3)25-16(5)24(8)19-10-17(22-6)18(23-7)11-20(19)25/h2*6-15,17H,1-2,5H3;10-11,17H,1-6,9H3;9-11,16H,1-5,8H3/t3*17-;16-/m0000/s1. The summed E-state index contributed by atoms with van der Waals surface area (Å²) in [5.41, 5.74) is 34.5. The van der Waals surface area contributed by atoms with Crippen molar-refractivity contribution in [1.29, 1.82) is 0 Å². The first-order valence-corrected chi connectivity index (χ1v) is 35.4. The lowest BCUT2D eigenvalue weighted by Crippen LogP contribution is -2.36. The number of hydrogen-bond donors (Lipinski definition) is 0. The quantitative estimate of drug-likeness (QED) is 0.153. The van der Waals surface area contributed by atoms with Crippen LogP contribution in [0, 0.1) is 129 Å². The lowest BCUT2D eigenvalue weighted by Gasteiger charge is -2.32. The second kappa shape index (κ2) is 30.1. The Balaban J connectivity index is 0.000000142. The number of nitrogens with zero attached hydrogens (tertiary/aromatic N) is 16. The van der Waals surface area contributed by atoms with Gasteiger partial charge in [-0.05, 0) is 254 Å². The number of fused-ring (bicyclic) bond motifs is 4. The van der Waals surface area contributed by atoms with Crippen LogP contribution in [0.15, 0.2) is 152 Å². The normalized spacial score (nSPS) is 15.4. The number of rotatable bonds is 6. The van der Waals surface area contributed by atoms with Gasteiger partial charge >= 0.3 is 0 Å². The van der Waals surface area contributed by atoms with Gasteiger partial charge in [0, 0.05) is 73.7 Å². The van der Waals surface area contributed by atoms with Crippen LogP contribution < -0.4 is 39.2 Å². The number of benzene rings is 10. The molecular formula is C91H86N16. The van der Waals surface area contributed by atoms with E-state index in [9.17, 15) is 0 Å². The molecule has 0 N–H and O–H groups in total. The van der Waals surface area contributed by atoms with Crippen LogP contribution in [-0.4, -0.2) is 52.9 Å². The summed E-state index contributed by atoms with van der Waals surface area (Å²) in [6.45, 7) is 91.6. The van der Waals surface area contributed by atoms with Crippen molar-refractivity contribution >= 4 is 114 Å². The monoisotopic (exact) mass is 1400 g/mol. The van der Waals surface area contributed by atoms with Crippen LogP contribution in [0.1, 0.15) is 88.9 Å². The van der Waals surface area contributed by atoms with Gasteiger partial charge in [-0.2, -0.15) is 0 Å². The van der Waals surface area contributed by atoms with E-state index in [2.05, 4.69) is 249 Å². The summed E-state index contributed by atoms with van der Waals surface area (Å²) in [5, 5.41) is 0. The maximum atomic E-state index is 7.46. The van der Waals surface area contributed by atoms with Crippen LogP contribution in [0.5, 0.6) is 0 Å². The molecule has 14 rings (SSSR count). The summed E-state index contributed by atoms with van der Waals surface area (Å²) in [4.78, 5) is 46.2. The van der Waals surface area contributed by atoms with Crippen molar-refractivity contribution in [2.24, 2.45) is 0 Å². The van der Waals surface area contributed by atoms with Crippen molar-refractivity contribution in [2.75, 3.05) is 67.4 Å². The molecule has 0 amide bonds. The molecule has 4 atom stereocenters. The average molecular weight is 1400 g/mol. The fourth-order valence-electron chi connectivity index (χ4n) is 15.2. The summed E-state index contributed by atoms with van der Waals surface area (Å²) in [7, 11) is 8.16. The zero-order valence-electron chi connectivity index (χ0n) is 64.4. The van der Waals surface area contributed by atoms with Crippen molar-refractivity contribution in [3.63, 3.8) is 0 Å². The summed E-state index contributed by atoms with van der Waals surface area (Å²) in [6, 6.07) is 50.7. The minimum absolute atomic E-state index is 0.0827. The van der Waals surface area contributed by atoms with Crippen molar-refractivity contribution in [3.05, 3.63) is 304 Å². The third-order valence-corrected chi connectivity index (χ3v) is 22.5. The zero-order chi connectivity index (χ0) is 77.5. The fraction of sp³-hybridized carbons (Fsp3) is 0.253. The Morgan fingerprint density at radius 2 is 0.495 bits per heavy atom. The van der Waals surface area contributed by atoms with Gasteiger partial charge in [-0.25, -0.2) is 0 Å². The van der Waals surface area contributed by atoms with E-state index in [1.165, 1.54) is 89.3 Å². The topological polar surface area (TPSA) is 60.8 Å². The molecule has 0 unspecified atom stereocenters. The van der Waals surface area contributed by atoms with Crippen LogP contribution in [-0.2, 0) is 0 Å². The first kappa shape index (κ1) is 74.7. The smallest absolute Gasteiger partial charge is 0.196 e. The van der Waals surface area contributed by atoms with Crippen LogP contribution in [0.3, 0.4) is 0 Å². The molecule has 0 bridgehead atoms. The van der Waals surface area contributed by atoms with E-state index in [1.807, 2.05) is 113 Å². The van der Waals surface area contributed by atoms with Crippen molar-refractivity contribution in [2.45, 2.75) is 129 Å². The SMILES string of the molecule is [C-]#[N+]c1cc2c(cc1[N+]#[C-])N(c1c(C)c(C)c(C)c(C)c1C)[C@@H](C)N2C.[C-]#[N+]c1cc2c(cc1[N+]#[C-])N(c1c(C)c(C)cc(C)c1C)[C@@H](C)N2C.[C-]#[N+]c1cc2c(cc1[N+]#[C-])N(c1cc(-c3ccccc3)ccc1C)[C@@H](C)N2C.[C-]#[N+]c1cc2c(cc1[N+]#[C-])N(c1ccc(-c3ccccc3)cc1C)[C@@H](C)N2C. The highest BCUT2D eigenvalue weighted by molar-refractivity contribution is 5.97. The molecule has 4 aliphatic heterocycles. The Labute approximate surface area is 632 Å². The molecule has 0 saturated carbocycles. The molecule has 0 fully saturated rings. The minimum atomic E-state index is 0.0827. The number of anilines is 12. The van der Waals surface area contributed by atoms with Gasteiger partial charge in [0.15, 0.2) is 45.5 Å². The maximum absolute atomic E-state index is 7.46. The second-order valence-corrected chi connectivity index (χ2v) is 28.0. The predicted octanol–water partition coefficient (Wildman–Crippen LogP) is 25.6. The molecule has 0 saturated heterocycles. The van der Waals surface area contributed by atoms with E-state index >= 15 is 0 Å². The molecule has 10 aromatic carbocycles. The second-order valence-electron chi connectivity index (χ2n) is 28.0. The van der Waals surface area contributed by atoms with E-state index in [1.54, 1.807) is 0 Å². The Morgan fingerprint density at radius 1 is 0.224 bits per heavy atom. The van der Waals surface area contributed by atoms with Crippen LogP contribution in [0.4, 0.5) is 114 Å². The van der Waals surface area contributed by atoms with Gasteiger partial charge in [-0.15, -0.1) is 0 Å². The minimum Gasteiger partial charge on any atom is -0.354 e. The largest absolute Gasteiger partial charge is 0.354 e. The summed E-state index contributed by atoms with van der Waals surface area (Å²) in [6.07, 6.45) is 0.409. The zero-order valence-corrected chi connectivity index (χ0v) is 64.4. The first-order chi connectivity index (χ1) is 51.1. The molecule has 16 heteroatoms. The van der Waals surface area contributed by atoms with Gasteiger partial charge in [0.05, 0.1) is 75.3 Å². The Morgan fingerprint density at radius 3 is 0.822 bits per heavy atom. The van der Waals surface area contributed by atoms with Crippen molar-refractivity contribution in [3.8, 4) is 22.3 Å². The Kier molecular flexibility index (Phi) is 21.0. The van der Waals surface area contributed by atoms with E-state index in [0.29, 0.717) is 45.5 Å². The number of hydrogen-bond acceptors (Lipinski definition) is 8. The van der Waals surface area contributed by atoms with Gasteiger partial charge in [-0.3, -0.25) is 38.8 Å². The predicted molar refractivity (Wildman–Crippen MR) is 445 cm³/mol. The first-order valence-electron chi connectivity index (χ1n) is 35.4. The van der Waals surface area contributed by atoms with E-state index in [4.69, 9.17) is 52.6 Å². The highest BCUT2D eigenvalue weighted by Gasteiger charge is 2.39. The third kappa shape index (κ3) is 13.1. The molecule has 16 nitrogen and oxygen atoms in total. The highest BCUT2D eigenvalue weighted by Crippen LogP contribution is 2.55. The van der Waals surface area contributed by atoms with Crippen LogP contribution in [0.25, 0.3) is 61.0 Å². The Hall–Kier alpha value is -13.5. The lowest BCUT2D eigenvalue weighted by atomic mass is 9.92. The molecule has 0 aliphatic carbocycles. The molecular weight excluding hydrogens is 1320 g/mol. The molecule has 4 aliphatic rings. The van der Waals surface area contributed by atoms with E-state index in [-0.39, 0.29) is 24.7 Å². The number of aryl methyl sites for hydroxylation is 4.